The maximum atomic E-state index is 13.1. The Morgan fingerprint density at radius 1 is 1.14 bits per heavy atom. The molecule has 9 heteroatoms. The summed E-state index contributed by atoms with van der Waals surface area (Å²) in [6.07, 6.45) is 3.33. The summed E-state index contributed by atoms with van der Waals surface area (Å²) < 4.78 is 36.5. The second-order valence-electron chi connectivity index (χ2n) is 7.42. The first-order chi connectivity index (χ1) is 13.4. The molecule has 0 bridgehead atoms. The summed E-state index contributed by atoms with van der Waals surface area (Å²) in [7, 11) is -1.95. The summed E-state index contributed by atoms with van der Waals surface area (Å²) in [6.45, 7) is 3.06. The zero-order valence-electron chi connectivity index (χ0n) is 16.2. The largest absolute Gasteiger partial charge is 0.492 e. The molecule has 0 radical (unpaired) electrons. The van der Waals surface area contributed by atoms with Gasteiger partial charge in [0, 0.05) is 32.1 Å². The van der Waals surface area contributed by atoms with Gasteiger partial charge in [-0.2, -0.15) is 9.40 Å². The van der Waals surface area contributed by atoms with Crippen LogP contribution in [0.15, 0.2) is 34.0 Å². The Balaban J connectivity index is 1.53. The number of para-hydroxylation sites is 1. The van der Waals surface area contributed by atoms with E-state index < -0.39 is 10.0 Å². The summed E-state index contributed by atoms with van der Waals surface area (Å²) in [4.78, 5) is 12.6. The monoisotopic (exact) mass is 406 g/mol. The van der Waals surface area contributed by atoms with Gasteiger partial charge >= 0.3 is 5.69 Å². The number of aryl methyl sites for hydroxylation is 1. The number of aromatic nitrogens is 3. The minimum absolute atomic E-state index is 0.0711. The van der Waals surface area contributed by atoms with Crippen LogP contribution in [0.1, 0.15) is 50.4 Å². The zero-order valence-corrected chi connectivity index (χ0v) is 17.1. The van der Waals surface area contributed by atoms with Gasteiger partial charge in [0.1, 0.15) is 16.5 Å². The smallest absolute Gasteiger partial charge is 0.345 e. The molecule has 0 N–H and O–H groups in total. The van der Waals surface area contributed by atoms with Gasteiger partial charge in [-0.3, -0.25) is 4.57 Å². The van der Waals surface area contributed by atoms with E-state index >= 15 is 0 Å². The highest BCUT2D eigenvalue weighted by Crippen LogP contribution is 2.38. The predicted molar refractivity (Wildman–Crippen MR) is 104 cm³/mol. The van der Waals surface area contributed by atoms with E-state index in [0.717, 1.165) is 18.7 Å². The number of ether oxygens (including phenoxy) is 1. The van der Waals surface area contributed by atoms with E-state index in [1.54, 1.807) is 31.3 Å². The van der Waals surface area contributed by atoms with Crippen molar-refractivity contribution in [3.8, 4) is 5.75 Å². The Labute approximate surface area is 164 Å². The van der Waals surface area contributed by atoms with Crippen LogP contribution in [0.3, 0.4) is 0 Å². The summed E-state index contributed by atoms with van der Waals surface area (Å²) in [6, 6.07) is 7.02. The van der Waals surface area contributed by atoms with Crippen LogP contribution in [0.5, 0.6) is 5.75 Å². The molecule has 2 aromatic rings. The van der Waals surface area contributed by atoms with Gasteiger partial charge in [-0.1, -0.05) is 12.1 Å². The van der Waals surface area contributed by atoms with Gasteiger partial charge in [0.15, 0.2) is 0 Å². The quantitative estimate of drug-likeness (QED) is 0.731. The van der Waals surface area contributed by atoms with E-state index in [1.165, 1.54) is 8.99 Å². The molecule has 1 aromatic carbocycles. The fourth-order valence-electron chi connectivity index (χ4n) is 3.88. The number of piperidine rings is 1. The Hall–Kier alpha value is -2.13. The zero-order chi connectivity index (χ0) is 19.9. The Morgan fingerprint density at radius 2 is 1.82 bits per heavy atom. The van der Waals surface area contributed by atoms with Gasteiger partial charge < -0.3 is 4.74 Å². The summed E-state index contributed by atoms with van der Waals surface area (Å²) in [5.41, 5.74) is -0.0711. The highest BCUT2D eigenvalue weighted by Gasteiger charge is 2.36. The molecule has 2 heterocycles. The van der Waals surface area contributed by atoms with Crippen molar-refractivity contribution in [3.63, 3.8) is 0 Å². The molecule has 152 valence electrons. The highest BCUT2D eigenvalue weighted by atomic mass is 32.2. The van der Waals surface area contributed by atoms with Crippen LogP contribution >= 0.6 is 0 Å². The second kappa shape index (κ2) is 7.36. The molecule has 1 aromatic heterocycles. The summed E-state index contributed by atoms with van der Waals surface area (Å²) in [5, 5.41) is 4.46. The van der Waals surface area contributed by atoms with Crippen molar-refractivity contribution in [1.29, 1.82) is 0 Å². The third-order valence-electron chi connectivity index (χ3n) is 5.48. The lowest BCUT2D eigenvalue weighted by Crippen LogP contribution is -2.38. The standard InChI is InChI=1S/C19H26N4O4S/c1-3-27-16-6-4-5-7-17(16)28(25,26)22-12-10-14(11-13-22)18-20-21(2)19(24)23(18)15-8-9-15/h4-7,14-15H,3,8-13H2,1-2H3. The van der Waals surface area contributed by atoms with Crippen LogP contribution in [-0.2, 0) is 17.1 Å². The molecule has 1 aliphatic carbocycles. The fourth-order valence-corrected chi connectivity index (χ4v) is 5.49. The van der Waals surface area contributed by atoms with Crippen LogP contribution in [0.2, 0.25) is 0 Å². The van der Waals surface area contributed by atoms with Gasteiger partial charge in [-0.05, 0) is 44.7 Å². The maximum Gasteiger partial charge on any atom is 0.345 e. The van der Waals surface area contributed by atoms with E-state index in [2.05, 4.69) is 5.10 Å². The Bertz CT molecular complexity index is 1010. The summed E-state index contributed by atoms with van der Waals surface area (Å²) in [5.74, 6) is 1.30. The third-order valence-corrected chi connectivity index (χ3v) is 7.42. The maximum absolute atomic E-state index is 13.1. The van der Waals surface area contributed by atoms with Crippen molar-refractivity contribution in [3.05, 3.63) is 40.6 Å². The van der Waals surface area contributed by atoms with Gasteiger partial charge in [0.2, 0.25) is 10.0 Å². The van der Waals surface area contributed by atoms with Crippen molar-refractivity contribution in [2.45, 2.75) is 49.5 Å². The Kier molecular flexibility index (Phi) is 5.05. The normalized spacial score (nSPS) is 19.1. The molecule has 4 rings (SSSR count). The van der Waals surface area contributed by atoms with Crippen LogP contribution in [0.4, 0.5) is 0 Å². The van der Waals surface area contributed by atoms with Crippen molar-refractivity contribution in [2.75, 3.05) is 19.7 Å². The van der Waals surface area contributed by atoms with Gasteiger partial charge in [0.05, 0.1) is 6.61 Å². The predicted octanol–water partition coefficient (Wildman–Crippen LogP) is 1.88. The SMILES string of the molecule is CCOc1ccccc1S(=O)(=O)N1CCC(c2nn(C)c(=O)n2C2CC2)CC1. The lowest BCUT2D eigenvalue weighted by Gasteiger charge is -2.31. The third kappa shape index (κ3) is 3.37. The fraction of sp³-hybridized carbons (Fsp3) is 0.579. The molecule has 2 aliphatic rings. The van der Waals surface area contributed by atoms with Crippen LogP contribution < -0.4 is 10.4 Å². The van der Waals surface area contributed by atoms with E-state index in [-0.39, 0.29) is 22.5 Å². The van der Waals surface area contributed by atoms with E-state index in [4.69, 9.17) is 4.74 Å². The minimum atomic E-state index is -3.62. The molecular formula is C19H26N4O4S. The average Bonchev–Trinajstić information content (AvgIpc) is 3.48. The number of hydrogen-bond acceptors (Lipinski definition) is 5. The van der Waals surface area contributed by atoms with Crippen molar-refractivity contribution < 1.29 is 13.2 Å². The Morgan fingerprint density at radius 3 is 2.46 bits per heavy atom. The second-order valence-corrected chi connectivity index (χ2v) is 9.33. The lowest BCUT2D eigenvalue weighted by molar-refractivity contribution is 0.303. The number of benzene rings is 1. The number of rotatable bonds is 6. The van der Waals surface area contributed by atoms with Gasteiger partial charge in [-0.25, -0.2) is 17.9 Å². The first-order valence-corrected chi connectivity index (χ1v) is 11.2. The molecule has 2 fully saturated rings. The van der Waals surface area contributed by atoms with Gasteiger partial charge in [-0.15, -0.1) is 0 Å². The first kappa shape index (κ1) is 19.2. The van der Waals surface area contributed by atoms with Crippen molar-refractivity contribution in [2.24, 2.45) is 7.05 Å². The van der Waals surface area contributed by atoms with E-state index in [0.29, 0.717) is 38.3 Å². The van der Waals surface area contributed by atoms with Crippen molar-refractivity contribution >= 4 is 10.0 Å². The molecule has 8 nitrogen and oxygen atoms in total. The van der Waals surface area contributed by atoms with Crippen LogP contribution in [0, 0.1) is 0 Å². The number of nitrogens with zero attached hydrogens (tertiary/aromatic N) is 4. The van der Waals surface area contributed by atoms with E-state index in [1.807, 2.05) is 11.5 Å². The van der Waals surface area contributed by atoms with E-state index in [9.17, 15) is 13.2 Å². The lowest BCUT2D eigenvalue weighted by atomic mass is 9.97. The average molecular weight is 407 g/mol. The van der Waals surface area contributed by atoms with Crippen molar-refractivity contribution in [1.82, 2.24) is 18.7 Å². The highest BCUT2D eigenvalue weighted by molar-refractivity contribution is 7.89. The molecule has 0 atom stereocenters. The topological polar surface area (TPSA) is 86.4 Å². The summed E-state index contributed by atoms with van der Waals surface area (Å²) >= 11 is 0. The molecular weight excluding hydrogens is 380 g/mol. The van der Waals surface area contributed by atoms with Gasteiger partial charge in [0.25, 0.3) is 0 Å². The number of hydrogen-bond donors (Lipinski definition) is 0. The molecule has 1 saturated carbocycles. The molecule has 0 unspecified atom stereocenters. The molecule has 0 amide bonds. The molecule has 28 heavy (non-hydrogen) atoms. The minimum Gasteiger partial charge on any atom is -0.492 e. The molecule has 0 spiro atoms. The van der Waals surface area contributed by atoms with Crippen LogP contribution in [-0.4, -0.2) is 46.8 Å². The number of sulfonamides is 1. The molecule has 1 saturated heterocycles. The molecule has 1 aliphatic heterocycles. The first-order valence-electron chi connectivity index (χ1n) is 9.81. The van der Waals surface area contributed by atoms with Crippen LogP contribution in [0.25, 0.3) is 0 Å².